The van der Waals surface area contributed by atoms with E-state index in [0.29, 0.717) is 5.69 Å². The summed E-state index contributed by atoms with van der Waals surface area (Å²) in [7, 11) is 1.23. The van der Waals surface area contributed by atoms with Crippen LogP contribution in [0.25, 0.3) is 0 Å². The van der Waals surface area contributed by atoms with Crippen LogP contribution in [0.4, 0.5) is 5.69 Å². The number of aryl methyl sites for hydroxylation is 1. The first-order valence-electron chi connectivity index (χ1n) is 7.28. The van der Waals surface area contributed by atoms with Crippen LogP contribution in [0.1, 0.15) is 15.9 Å². The Balaban J connectivity index is 2.40. The van der Waals surface area contributed by atoms with E-state index in [-0.39, 0.29) is 36.5 Å². The number of primary amides is 1. The maximum absolute atomic E-state index is 12.5. The molecule has 0 aliphatic carbocycles. The molecule has 24 heavy (non-hydrogen) atoms. The molecule has 8 heteroatoms. The van der Waals surface area contributed by atoms with E-state index in [1.807, 2.05) is 0 Å². The van der Waals surface area contributed by atoms with Crippen molar-refractivity contribution in [2.24, 2.45) is 5.73 Å². The van der Waals surface area contributed by atoms with E-state index < -0.39 is 17.8 Å². The van der Waals surface area contributed by atoms with Crippen molar-refractivity contribution in [2.75, 3.05) is 32.1 Å². The third-order valence-corrected chi connectivity index (χ3v) is 3.74. The van der Waals surface area contributed by atoms with Gasteiger partial charge in [0.25, 0.3) is 5.91 Å². The van der Waals surface area contributed by atoms with Crippen molar-refractivity contribution < 1.29 is 24.2 Å². The second kappa shape index (κ2) is 7.14. The molecule has 4 N–H and O–H groups in total. The molecule has 1 aromatic carbocycles. The van der Waals surface area contributed by atoms with E-state index in [1.165, 1.54) is 18.1 Å². The van der Waals surface area contributed by atoms with Crippen molar-refractivity contribution in [1.82, 2.24) is 4.90 Å². The molecule has 0 radical (unpaired) electrons. The zero-order valence-electron chi connectivity index (χ0n) is 13.5. The standard InChI is InChI=1S/C16H19N3O5/c1-9-3-4-10(14(17)21)7-12(9)18-13-11(16(23)24-2)8-19(5-6-20)15(13)22/h3-4,7,18,20H,5-6,8H2,1-2H3,(H2,17,21). The molecule has 0 saturated heterocycles. The molecule has 2 amide bonds. The number of esters is 1. The van der Waals surface area contributed by atoms with Gasteiger partial charge in [-0.15, -0.1) is 0 Å². The van der Waals surface area contributed by atoms with Crippen molar-refractivity contribution in [3.8, 4) is 0 Å². The summed E-state index contributed by atoms with van der Waals surface area (Å²) in [5.41, 5.74) is 7.04. The lowest BCUT2D eigenvalue weighted by molar-refractivity contribution is -0.136. The molecule has 0 saturated carbocycles. The number of nitrogens with one attached hydrogen (secondary N) is 1. The Morgan fingerprint density at radius 2 is 2.12 bits per heavy atom. The molecular formula is C16H19N3O5. The highest BCUT2D eigenvalue weighted by atomic mass is 16.5. The first-order valence-corrected chi connectivity index (χ1v) is 7.28. The summed E-state index contributed by atoms with van der Waals surface area (Å²) in [5.74, 6) is -1.65. The predicted octanol–water partition coefficient (Wildman–Crippen LogP) is -0.233. The van der Waals surface area contributed by atoms with Crippen LogP contribution in [-0.4, -0.2) is 54.6 Å². The number of carbonyl (C=O) groups excluding carboxylic acids is 3. The lowest BCUT2D eigenvalue weighted by Crippen LogP contribution is -2.31. The van der Waals surface area contributed by atoms with Gasteiger partial charge in [-0.05, 0) is 24.6 Å². The monoisotopic (exact) mass is 333 g/mol. The molecule has 0 unspecified atom stereocenters. The number of hydrogen-bond donors (Lipinski definition) is 3. The first-order chi connectivity index (χ1) is 11.4. The SMILES string of the molecule is COC(=O)C1=C(Nc2cc(C(N)=O)ccc2C)C(=O)N(CCO)C1. The fourth-order valence-electron chi connectivity index (χ4n) is 2.39. The number of nitrogens with zero attached hydrogens (tertiary/aromatic N) is 1. The Kier molecular flexibility index (Phi) is 5.20. The minimum absolute atomic E-state index is 0.0446. The van der Waals surface area contributed by atoms with Crippen LogP contribution >= 0.6 is 0 Å². The minimum atomic E-state index is -0.630. The number of carbonyl (C=O) groups is 3. The molecule has 128 valence electrons. The Labute approximate surface area is 138 Å². The third-order valence-electron chi connectivity index (χ3n) is 3.74. The average Bonchev–Trinajstić information content (AvgIpc) is 2.85. The first kappa shape index (κ1) is 17.5. The quantitative estimate of drug-likeness (QED) is 0.618. The Morgan fingerprint density at radius 3 is 2.71 bits per heavy atom. The second-order valence-corrected chi connectivity index (χ2v) is 5.31. The van der Waals surface area contributed by atoms with Crippen LogP contribution in [0.15, 0.2) is 29.5 Å². The van der Waals surface area contributed by atoms with Gasteiger partial charge in [-0.3, -0.25) is 9.59 Å². The van der Waals surface area contributed by atoms with Crippen molar-refractivity contribution in [3.63, 3.8) is 0 Å². The van der Waals surface area contributed by atoms with E-state index in [4.69, 9.17) is 15.6 Å². The van der Waals surface area contributed by atoms with Crippen molar-refractivity contribution in [3.05, 3.63) is 40.6 Å². The number of aliphatic hydroxyl groups excluding tert-OH is 1. The molecule has 1 aliphatic rings. The summed E-state index contributed by atoms with van der Waals surface area (Å²) < 4.78 is 4.72. The minimum Gasteiger partial charge on any atom is -0.466 e. The van der Waals surface area contributed by atoms with Gasteiger partial charge in [0, 0.05) is 17.8 Å². The fourth-order valence-corrected chi connectivity index (χ4v) is 2.39. The molecule has 0 spiro atoms. The van der Waals surface area contributed by atoms with Gasteiger partial charge >= 0.3 is 5.97 Å². The van der Waals surface area contributed by atoms with Gasteiger partial charge < -0.3 is 25.8 Å². The van der Waals surface area contributed by atoms with Gasteiger partial charge in [-0.2, -0.15) is 0 Å². The highest BCUT2D eigenvalue weighted by Gasteiger charge is 2.34. The normalized spacial score (nSPS) is 14.1. The van der Waals surface area contributed by atoms with E-state index in [9.17, 15) is 14.4 Å². The number of methoxy groups -OCH3 is 1. The van der Waals surface area contributed by atoms with Crippen LogP contribution in [0.3, 0.4) is 0 Å². The molecule has 0 fully saturated rings. The highest BCUT2D eigenvalue weighted by molar-refractivity contribution is 6.08. The molecule has 1 aromatic rings. The number of anilines is 1. The molecule has 1 aliphatic heterocycles. The topological polar surface area (TPSA) is 122 Å². The number of nitrogens with two attached hydrogens (primary N) is 1. The van der Waals surface area contributed by atoms with Gasteiger partial charge in [-0.1, -0.05) is 6.07 Å². The number of amides is 2. The maximum Gasteiger partial charge on any atom is 0.337 e. The van der Waals surface area contributed by atoms with Crippen molar-refractivity contribution in [2.45, 2.75) is 6.92 Å². The lowest BCUT2D eigenvalue weighted by atomic mass is 10.1. The summed E-state index contributed by atoms with van der Waals surface area (Å²) in [6.07, 6.45) is 0. The fraction of sp³-hybridized carbons (Fsp3) is 0.312. The molecule has 2 rings (SSSR count). The molecule has 1 heterocycles. The number of rotatable bonds is 6. The van der Waals surface area contributed by atoms with E-state index >= 15 is 0 Å². The number of benzene rings is 1. The number of hydrogen-bond acceptors (Lipinski definition) is 6. The molecular weight excluding hydrogens is 314 g/mol. The predicted molar refractivity (Wildman–Crippen MR) is 86.0 cm³/mol. The van der Waals surface area contributed by atoms with E-state index in [2.05, 4.69) is 5.32 Å². The van der Waals surface area contributed by atoms with Gasteiger partial charge in [0.1, 0.15) is 5.70 Å². The van der Waals surface area contributed by atoms with Crippen LogP contribution in [0.5, 0.6) is 0 Å². The van der Waals surface area contributed by atoms with Crippen LogP contribution < -0.4 is 11.1 Å². The molecule has 8 nitrogen and oxygen atoms in total. The average molecular weight is 333 g/mol. The number of β-amino-alcohol motifs (C(OH)–C–C–N with tert-alkyl or cyclic N) is 1. The van der Waals surface area contributed by atoms with Crippen LogP contribution in [0, 0.1) is 6.92 Å². The summed E-state index contributed by atoms with van der Waals surface area (Å²) in [5, 5.41) is 11.9. The molecule has 0 aromatic heterocycles. The van der Waals surface area contributed by atoms with Gasteiger partial charge in [-0.25, -0.2) is 4.79 Å². The number of ether oxygens (including phenoxy) is 1. The number of aliphatic hydroxyl groups is 1. The lowest BCUT2D eigenvalue weighted by Gasteiger charge is -2.15. The van der Waals surface area contributed by atoms with E-state index in [1.54, 1.807) is 19.1 Å². The Hall–Kier alpha value is -2.87. The maximum atomic E-state index is 12.5. The highest BCUT2D eigenvalue weighted by Crippen LogP contribution is 2.25. The van der Waals surface area contributed by atoms with Crippen LogP contribution in [-0.2, 0) is 14.3 Å². The summed E-state index contributed by atoms with van der Waals surface area (Å²) >= 11 is 0. The van der Waals surface area contributed by atoms with Crippen molar-refractivity contribution >= 4 is 23.5 Å². The second-order valence-electron chi connectivity index (χ2n) is 5.31. The molecule has 0 atom stereocenters. The van der Waals surface area contributed by atoms with Crippen LogP contribution in [0.2, 0.25) is 0 Å². The summed E-state index contributed by atoms with van der Waals surface area (Å²) in [6, 6.07) is 4.78. The summed E-state index contributed by atoms with van der Waals surface area (Å²) in [4.78, 5) is 37.1. The zero-order chi connectivity index (χ0) is 17.9. The zero-order valence-corrected chi connectivity index (χ0v) is 13.5. The Morgan fingerprint density at radius 1 is 1.42 bits per heavy atom. The van der Waals surface area contributed by atoms with Gasteiger partial charge in [0.05, 0.1) is 25.8 Å². The van der Waals surface area contributed by atoms with E-state index in [0.717, 1.165) is 5.56 Å². The smallest absolute Gasteiger partial charge is 0.337 e. The molecule has 0 bridgehead atoms. The summed E-state index contributed by atoms with van der Waals surface area (Å²) in [6.45, 7) is 1.72. The third kappa shape index (κ3) is 3.38. The van der Waals surface area contributed by atoms with Gasteiger partial charge in [0.2, 0.25) is 5.91 Å². The van der Waals surface area contributed by atoms with Crippen molar-refractivity contribution in [1.29, 1.82) is 0 Å². The largest absolute Gasteiger partial charge is 0.466 e. The Bertz CT molecular complexity index is 726. The van der Waals surface area contributed by atoms with Gasteiger partial charge in [0.15, 0.2) is 0 Å².